The fraction of sp³-hybridized carbons (Fsp3) is 0.385. The number of halogens is 2. The summed E-state index contributed by atoms with van der Waals surface area (Å²) < 4.78 is 52.6. The second kappa shape index (κ2) is 6.95. The molecule has 0 aliphatic rings. The molecule has 0 saturated heterocycles. The van der Waals surface area contributed by atoms with E-state index in [4.69, 9.17) is 5.73 Å². The molecule has 1 unspecified atom stereocenters. The Morgan fingerprint density at radius 3 is 2.57 bits per heavy atom. The van der Waals surface area contributed by atoms with E-state index in [0.29, 0.717) is 6.07 Å². The van der Waals surface area contributed by atoms with Gasteiger partial charge in [-0.2, -0.15) is 4.31 Å². The Hall–Kier alpha value is -1.53. The maximum atomic E-state index is 13.9. The number of hydrogen-bond donors (Lipinski definition) is 2. The molecule has 0 radical (unpaired) electrons. The summed E-state index contributed by atoms with van der Waals surface area (Å²) in [6.07, 6.45) is -0.938. The Labute approximate surface area is 122 Å². The lowest BCUT2D eigenvalue weighted by Gasteiger charge is -2.19. The lowest BCUT2D eigenvalue weighted by atomic mass is 10.2. The summed E-state index contributed by atoms with van der Waals surface area (Å²) in [6, 6.07) is 1.30. The van der Waals surface area contributed by atoms with E-state index in [1.807, 2.05) is 0 Å². The van der Waals surface area contributed by atoms with Gasteiger partial charge in [0.15, 0.2) is 0 Å². The highest BCUT2D eigenvalue weighted by molar-refractivity contribution is 7.89. The van der Waals surface area contributed by atoms with E-state index < -0.39 is 32.7 Å². The number of sulfonamides is 1. The highest BCUT2D eigenvalue weighted by atomic mass is 32.2. The molecule has 1 aromatic carbocycles. The van der Waals surface area contributed by atoms with E-state index in [2.05, 4.69) is 11.8 Å². The third kappa shape index (κ3) is 4.22. The number of aliphatic hydroxyl groups is 1. The summed E-state index contributed by atoms with van der Waals surface area (Å²) >= 11 is 0. The highest BCUT2D eigenvalue weighted by Crippen LogP contribution is 2.24. The van der Waals surface area contributed by atoms with Crippen molar-refractivity contribution in [2.45, 2.75) is 17.9 Å². The van der Waals surface area contributed by atoms with Crippen LogP contribution in [0.2, 0.25) is 0 Å². The van der Waals surface area contributed by atoms with Gasteiger partial charge < -0.3 is 10.8 Å². The summed E-state index contributed by atoms with van der Waals surface area (Å²) in [6.45, 7) is 1.08. The number of rotatable bonds is 4. The monoisotopic (exact) mass is 318 g/mol. The van der Waals surface area contributed by atoms with Crippen LogP contribution in [-0.2, 0) is 10.0 Å². The smallest absolute Gasteiger partial charge is 0.247 e. The van der Waals surface area contributed by atoms with Crippen molar-refractivity contribution >= 4 is 10.0 Å². The van der Waals surface area contributed by atoms with Gasteiger partial charge in [-0.15, -0.1) is 0 Å². The van der Waals surface area contributed by atoms with E-state index in [9.17, 15) is 22.3 Å². The molecule has 1 atom stereocenters. The zero-order chi connectivity index (χ0) is 16.2. The minimum Gasteiger partial charge on any atom is -0.392 e. The van der Waals surface area contributed by atoms with Crippen molar-refractivity contribution in [2.24, 2.45) is 5.73 Å². The van der Waals surface area contributed by atoms with Crippen molar-refractivity contribution in [3.05, 3.63) is 29.3 Å². The molecule has 5 nitrogen and oxygen atoms in total. The van der Waals surface area contributed by atoms with Crippen LogP contribution in [0.25, 0.3) is 0 Å². The third-order valence-electron chi connectivity index (χ3n) is 2.52. The van der Waals surface area contributed by atoms with Crippen molar-refractivity contribution in [1.82, 2.24) is 4.31 Å². The standard InChI is InChI=1S/C13H16F2N2O3S/c1-9(18)8-17(2)21(19,20)13-10(4-3-5-16)6-11(14)7-12(13)15/h6-7,9,18H,5,8,16H2,1-2H3. The zero-order valence-electron chi connectivity index (χ0n) is 11.6. The molecule has 0 heterocycles. The maximum absolute atomic E-state index is 13.9. The molecule has 3 N–H and O–H groups in total. The minimum atomic E-state index is -4.25. The SMILES string of the molecule is CC(O)CN(C)S(=O)(=O)c1c(F)cc(F)cc1C#CCN. The zero-order valence-corrected chi connectivity index (χ0v) is 12.4. The lowest BCUT2D eigenvalue weighted by Crippen LogP contribution is -2.34. The minimum absolute atomic E-state index is 0.0822. The summed E-state index contributed by atoms with van der Waals surface area (Å²) in [5, 5.41) is 9.25. The lowest BCUT2D eigenvalue weighted by molar-refractivity contribution is 0.171. The molecule has 0 bridgehead atoms. The van der Waals surface area contributed by atoms with E-state index in [1.54, 1.807) is 0 Å². The van der Waals surface area contributed by atoms with Crippen LogP contribution in [0.4, 0.5) is 8.78 Å². The number of likely N-dealkylation sites (N-methyl/N-ethyl adjacent to an activating group) is 1. The normalized spacial score (nSPS) is 12.9. The molecule has 116 valence electrons. The Balaban J connectivity index is 3.47. The summed E-state index contributed by atoms with van der Waals surface area (Å²) in [5.41, 5.74) is 4.87. The molecule has 8 heteroatoms. The third-order valence-corrected chi connectivity index (χ3v) is 4.42. The Morgan fingerprint density at radius 1 is 1.43 bits per heavy atom. The second-order valence-corrected chi connectivity index (χ2v) is 6.39. The number of benzene rings is 1. The molecule has 0 amide bonds. The van der Waals surface area contributed by atoms with Crippen LogP contribution < -0.4 is 5.73 Å². The van der Waals surface area contributed by atoms with Crippen molar-refractivity contribution in [3.8, 4) is 11.8 Å². The van der Waals surface area contributed by atoms with Gasteiger partial charge in [0.1, 0.15) is 16.5 Å². The largest absolute Gasteiger partial charge is 0.392 e. The second-order valence-electron chi connectivity index (χ2n) is 4.40. The maximum Gasteiger partial charge on any atom is 0.247 e. The van der Waals surface area contributed by atoms with Crippen molar-refractivity contribution < 1.29 is 22.3 Å². The average Bonchev–Trinajstić information content (AvgIpc) is 2.34. The molecule has 21 heavy (non-hydrogen) atoms. The molecule has 0 aliphatic heterocycles. The predicted octanol–water partition coefficient (Wildman–Crippen LogP) is 0.276. The first kappa shape index (κ1) is 17.5. The van der Waals surface area contributed by atoms with E-state index in [0.717, 1.165) is 10.4 Å². The molecule has 1 rings (SSSR count). The van der Waals surface area contributed by atoms with Gasteiger partial charge in [-0.3, -0.25) is 0 Å². The van der Waals surface area contributed by atoms with Crippen LogP contribution in [0.1, 0.15) is 12.5 Å². The van der Waals surface area contributed by atoms with Crippen LogP contribution in [0.5, 0.6) is 0 Å². The van der Waals surface area contributed by atoms with Gasteiger partial charge in [-0.05, 0) is 13.0 Å². The Bertz CT molecular complexity index is 679. The van der Waals surface area contributed by atoms with Gasteiger partial charge in [0.2, 0.25) is 10.0 Å². The fourth-order valence-corrected chi connectivity index (χ4v) is 3.10. The first-order chi connectivity index (χ1) is 9.70. The van der Waals surface area contributed by atoms with Crippen LogP contribution in [0.15, 0.2) is 17.0 Å². The van der Waals surface area contributed by atoms with Gasteiger partial charge in [0.05, 0.1) is 18.2 Å². The Morgan fingerprint density at radius 2 is 2.05 bits per heavy atom. The molecule has 1 aromatic rings. The summed E-state index contributed by atoms with van der Waals surface area (Å²) in [7, 11) is -3.07. The number of nitrogens with zero attached hydrogens (tertiary/aromatic N) is 1. The van der Waals surface area contributed by atoms with Crippen molar-refractivity contribution in [2.75, 3.05) is 20.1 Å². The van der Waals surface area contributed by atoms with Crippen LogP contribution in [-0.4, -0.2) is 44.1 Å². The summed E-state index contributed by atoms with van der Waals surface area (Å²) in [5.74, 6) is 2.53. The average molecular weight is 318 g/mol. The van der Waals surface area contributed by atoms with Crippen molar-refractivity contribution in [3.63, 3.8) is 0 Å². The van der Waals surface area contributed by atoms with E-state index in [1.165, 1.54) is 14.0 Å². The van der Waals surface area contributed by atoms with Crippen molar-refractivity contribution in [1.29, 1.82) is 0 Å². The molecule has 0 spiro atoms. The van der Waals surface area contributed by atoms with Crippen LogP contribution in [0, 0.1) is 23.5 Å². The number of aliphatic hydroxyl groups excluding tert-OH is 1. The first-order valence-corrected chi connectivity index (χ1v) is 7.46. The van der Waals surface area contributed by atoms with Gasteiger partial charge >= 0.3 is 0 Å². The Kier molecular flexibility index (Phi) is 5.80. The quantitative estimate of drug-likeness (QED) is 0.781. The molecule has 0 aliphatic carbocycles. The molecule has 0 saturated carbocycles. The fourth-order valence-electron chi connectivity index (χ4n) is 1.69. The molecular weight excluding hydrogens is 302 g/mol. The van der Waals surface area contributed by atoms with Gasteiger partial charge in [-0.1, -0.05) is 11.8 Å². The topological polar surface area (TPSA) is 83.6 Å². The van der Waals surface area contributed by atoms with Gasteiger partial charge in [0, 0.05) is 19.7 Å². The first-order valence-electron chi connectivity index (χ1n) is 6.02. The predicted molar refractivity (Wildman–Crippen MR) is 73.8 cm³/mol. The number of hydrogen-bond acceptors (Lipinski definition) is 4. The van der Waals surface area contributed by atoms with Crippen LogP contribution in [0.3, 0.4) is 0 Å². The molecule has 0 fully saturated rings. The van der Waals surface area contributed by atoms with Gasteiger partial charge in [-0.25, -0.2) is 17.2 Å². The highest BCUT2D eigenvalue weighted by Gasteiger charge is 2.28. The van der Waals surface area contributed by atoms with Gasteiger partial charge in [0.25, 0.3) is 0 Å². The molecule has 0 aromatic heterocycles. The number of nitrogens with two attached hydrogens (primary N) is 1. The molecular formula is C13H16F2N2O3S. The summed E-state index contributed by atoms with van der Waals surface area (Å²) in [4.78, 5) is -0.729. The van der Waals surface area contributed by atoms with Crippen LogP contribution >= 0.6 is 0 Å². The van der Waals surface area contributed by atoms with E-state index in [-0.39, 0.29) is 18.7 Å². The van der Waals surface area contributed by atoms with E-state index >= 15 is 0 Å².